The highest BCUT2D eigenvalue weighted by Gasteiger charge is 2.70. The number of aliphatic hydroxyl groups is 3. The second kappa shape index (κ2) is 5.40. The molecule has 0 aliphatic heterocycles. The summed E-state index contributed by atoms with van der Waals surface area (Å²) in [5.74, 6) is 0.201. The summed E-state index contributed by atoms with van der Waals surface area (Å²) in [6.07, 6.45) is 6.43. The molecule has 0 radical (unpaired) electrons. The van der Waals surface area contributed by atoms with Gasteiger partial charge in [0.25, 0.3) is 0 Å². The molecule has 0 bridgehead atoms. The van der Waals surface area contributed by atoms with E-state index in [2.05, 4.69) is 6.92 Å². The van der Waals surface area contributed by atoms with E-state index in [-0.39, 0.29) is 35.1 Å². The van der Waals surface area contributed by atoms with E-state index in [4.69, 9.17) is 0 Å². The van der Waals surface area contributed by atoms with Crippen molar-refractivity contribution < 1.29 is 20.1 Å². The van der Waals surface area contributed by atoms with Crippen LogP contribution in [0.15, 0.2) is 11.6 Å². The molecular formula is C21H32O4. The van der Waals surface area contributed by atoms with Gasteiger partial charge in [-0.25, -0.2) is 0 Å². The number of ketones is 1. The van der Waals surface area contributed by atoms with Crippen molar-refractivity contribution in [3.8, 4) is 0 Å². The largest absolute Gasteiger partial charge is 0.392 e. The van der Waals surface area contributed by atoms with Gasteiger partial charge in [0.1, 0.15) is 5.78 Å². The van der Waals surface area contributed by atoms with Crippen LogP contribution in [0.2, 0.25) is 0 Å². The van der Waals surface area contributed by atoms with Crippen molar-refractivity contribution in [2.24, 2.45) is 28.6 Å². The van der Waals surface area contributed by atoms with Crippen molar-refractivity contribution in [2.45, 2.75) is 83.5 Å². The predicted molar refractivity (Wildman–Crippen MR) is 94.7 cm³/mol. The SMILES string of the molecule is CC(=O)[C@H]1CC[C@]2(O)[C@@H]3CCC4=C[C@@H](O)CC[C@]4(C)[C@H]3C[C@@H](O)[C@]12C. The van der Waals surface area contributed by atoms with E-state index < -0.39 is 17.1 Å². The van der Waals surface area contributed by atoms with Gasteiger partial charge in [-0.05, 0) is 69.1 Å². The fourth-order valence-electron chi connectivity index (χ4n) is 7.31. The van der Waals surface area contributed by atoms with E-state index in [1.165, 1.54) is 5.57 Å². The Morgan fingerprint density at radius 3 is 2.52 bits per heavy atom. The second-order valence-corrected chi connectivity index (χ2v) is 9.63. The molecule has 0 unspecified atom stereocenters. The maximum atomic E-state index is 12.2. The molecule has 0 aromatic rings. The molecule has 3 saturated carbocycles. The molecule has 140 valence electrons. The molecule has 0 saturated heterocycles. The minimum Gasteiger partial charge on any atom is -0.392 e. The Kier molecular flexibility index (Phi) is 3.82. The van der Waals surface area contributed by atoms with E-state index in [0.717, 1.165) is 25.7 Å². The van der Waals surface area contributed by atoms with Gasteiger partial charge < -0.3 is 15.3 Å². The molecular weight excluding hydrogens is 316 g/mol. The first-order valence-electron chi connectivity index (χ1n) is 9.94. The zero-order valence-electron chi connectivity index (χ0n) is 15.7. The van der Waals surface area contributed by atoms with Crippen LogP contribution >= 0.6 is 0 Å². The van der Waals surface area contributed by atoms with Crippen LogP contribution in [0.3, 0.4) is 0 Å². The van der Waals surface area contributed by atoms with Gasteiger partial charge in [-0.15, -0.1) is 0 Å². The smallest absolute Gasteiger partial charge is 0.133 e. The fraction of sp³-hybridized carbons (Fsp3) is 0.857. The zero-order valence-corrected chi connectivity index (χ0v) is 15.7. The predicted octanol–water partition coefficient (Wildman–Crippen LogP) is 2.60. The fourth-order valence-corrected chi connectivity index (χ4v) is 7.31. The van der Waals surface area contributed by atoms with Gasteiger partial charge in [0.2, 0.25) is 0 Å². The highest BCUT2D eigenvalue weighted by Crippen LogP contribution is 2.68. The maximum absolute atomic E-state index is 12.2. The monoisotopic (exact) mass is 348 g/mol. The van der Waals surface area contributed by atoms with Gasteiger partial charge in [-0.2, -0.15) is 0 Å². The van der Waals surface area contributed by atoms with Crippen LogP contribution in [0.25, 0.3) is 0 Å². The van der Waals surface area contributed by atoms with Crippen molar-refractivity contribution >= 4 is 5.78 Å². The topological polar surface area (TPSA) is 77.8 Å². The average molecular weight is 348 g/mol. The van der Waals surface area contributed by atoms with Crippen LogP contribution in [-0.2, 0) is 4.79 Å². The van der Waals surface area contributed by atoms with E-state index in [9.17, 15) is 20.1 Å². The molecule has 4 aliphatic carbocycles. The lowest BCUT2D eigenvalue weighted by Gasteiger charge is -2.63. The maximum Gasteiger partial charge on any atom is 0.133 e. The van der Waals surface area contributed by atoms with E-state index >= 15 is 0 Å². The third-order valence-corrected chi connectivity index (χ3v) is 8.86. The average Bonchev–Trinajstić information content (AvgIpc) is 2.83. The number of allylic oxidation sites excluding steroid dienone is 1. The summed E-state index contributed by atoms with van der Waals surface area (Å²) >= 11 is 0. The Labute approximate surface area is 150 Å². The molecule has 0 heterocycles. The molecule has 3 N–H and O–H groups in total. The minimum absolute atomic E-state index is 0.0471. The summed E-state index contributed by atoms with van der Waals surface area (Å²) in [6, 6.07) is 0. The van der Waals surface area contributed by atoms with Crippen molar-refractivity contribution in [1.82, 2.24) is 0 Å². The van der Waals surface area contributed by atoms with Gasteiger partial charge >= 0.3 is 0 Å². The number of hydrogen-bond acceptors (Lipinski definition) is 4. The Balaban J connectivity index is 1.77. The number of carbonyl (C=O) groups is 1. The lowest BCUT2D eigenvalue weighted by molar-refractivity contribution is -0.227. The van der Waals surface area contributed by atoms with Gasteiger partial charge in [0, 0.05) is 11.3 Å². The summed E-state index contributed by atoms with van der Waals surface area (Å²) in [4.78, 5) is 12.2. The third-order valence-electron chi connectivity index (χ3n) is 8.86. The lowest BCUT2D eigenvalue weighted by atomic mass is 9.44. The minimum atomic E-state index is -0.962. The van der Waals surface area contributed by atoms with Crippen LogP contribution in [0.4, 0.5) is 0 Å². The molecule has 4 nitrogen and oxygen atoms in total. The van der Waals surface area contributed by atoms with Crippen molar-refractivity contribution in [1.29, 1.82) is 0 Å². The highest BCUT2D eigenvalue weighted by atomic mass is 16.3. The lowest BCUT2D eigenvalue weighted by Crippen LogP contribution is -2.66. The van der Waals surface area contributed by atoms with Crippen molar-refractivity contribution in [3.63, 3.8) is 0 Å². The Morgan fingerprint density at radius 1 is 1.12 bits per heavy atom. The number of Topliss-reactive ketones (excluding diaryl/α,β-unsaturated/α-hetero) is 1. The summed E-state index contributed by atoms with van der Waals surface area (Å²) < 4.78 is 0. The van der Waals surface area contributed by atoms with Crippen LogP contribution in [0.1, 0.15) is 65.7 Å². The zero-order chi connectivity index (χ0) is 18.2. The summed E-state index contributed by atoms with van der Waals surface area (Å²) in [6.45, 7) is 5.81. The Bertz CT molecular complexity index is 627. The van der Waals surface area contributed by atoms with E-state index in [0.29, 0.717) is 19.3 Å². The molecule has 0 amide bonds. The molecule has 4 aliphatic rings. The first-order valence-corrected chi connectivity index (χ1v) is 9.94. The molecule has 4 heteroatoms. The highest BCUT2D eigenvalue weighted by molar-refractivity contribution is 5.80. The molecule has 3 fully saturated rings. The second-order valence-electron chi connectivity index (χ2n) is 9.63. The molecule has 0 aromatic carbocycles. The van der Waals surface area contributed by atoms with Crippen molar-refractivity contribution in [2.75, 3.05) is 0 Å². The molecule has 4 rings (SSSR count). The summed E-state index contributed by atoms with van der Waals surface area (Å²) in [7, 11) is 0. The molecule has 0 spiro atoms. The first-order chi connectivity index (χ1) is 11.6. The first kappa shape index (κ1) is 17.7. The van der Waals surface area contributed by atoms with Gasteiger partial charge in [-0.1, -0.05) is 25.5 Å². The normalized spacial score (nSPS) is 55.0. The standard InChI is InChI=1S/C21H32O4/c1-12(22)15-7-9-21(25)16-5-4-13-10-14(23)6-8-19(13,2)17(16)11-18(24)20(15,21)3/h10,14-18,23-25H,4-9,11H2,1-3H3/t14-,15+,16+,17-,18+,19-,20-,21-/m0/s1. The molecule has 25 heavy (non-hydrogen) atoms. The van der Waals surface area contributed by atoms with Gasteiger partial charge in [0.05, 0.1) is 17.8 Å². The molecule has 0 aromatic heterocycles. The number of fused-ring (bicyclic) bond motifs is 5. The number of hydrogen-bond donors (Lipinski definition) is 3. The van der Waals surface area contributed by atoms with E-state index in [1.807, 2.05) is 13.0 Å². The number of carbonyl (C=O) groups excluding carboxylic acids is 1. The summed E-state index contributed by atoms with van der Waals surface area (Å²) in [5, 5.41) is 33.0. The van der Waals surface area contributed by atoms with Crippen LogP contribution in [-0.4, -0.2) is 38.9 Å². The number of aliphatic hydroxyl groups excluding tert-OH is 2. The Hall–Kier alpha value is -0.710. The van der Waals surface area contributed by atoms with Gasteiger partial charge in [0.15, 0.2) is 0 Å². The van der Waals surface area contributed by atoms with Crippen LogP contribution in [0.5, 0.6) is 0 Å². The molecule has 8 atom stereocenters. The third kappa shape index (κ3) is 2.08. The quantitative estimate of drug-likeness (QED) is 0.637. The van der Waals surface area contributed by atoms with Crippen molar-refractivity contribution in [3.05, 3.63) is 11.6 Å². The summed E-state index contributed by atoms with van der Waals surface area (Å²) in [5.41, 5.74) is -0.427. The van der Waals surface area contributed by atoms with Crippen LogP contribution < -0.4 is 0 Å². The number of rotatable bonds is 1. The Morgan fingerprint density at radius 2 is 1.84 bits per heavy atom. The van der Waals surface area contributed by atoms with E-state index in [1.54, 1.807) is 6.92 Å². The van der Waals surface area contributed by atoms with Gasteiger partial charge in [-0.3, -0.25) is 4.79 Å². The van der Waals surface area contributed by atoms with Crippen LogP contribution in [0, 0.1) is 28.6 Å².